The molecule has 2 aromatic carbocycles. The minimum absolute atomic E-state index is 0.0482. The Labute approximate surface area is 167 Å². The van der Waals surface area contributed by atoms with Crippen LogP contribution in [-0.4, -0.2) is 60.0 Å². The largest absolute Gasteiger partial charge is 0.492 e. The summed E-state index contributed by atoms with van der Waals surface area (Å²) in [6.07, 6.45) is 0. The van der Waals surface area contributed by atoms with Gasteiger partial charge in [0.15, 0.2) is 0 Å². The first kappa shape index (κ1) is 19.9. The molecule has 2 aromatic rings. The molecule has 0 radical (unpaired) electrons. The van der Waals surface area contributed by atoms with Gasteiger partial charge in [-0.3, -0.25) is 19.8 Å². The number of carbonyl (C=O) groups is 1. The summed E-state index contributed by atoms with van der Waals surface area (Å²) < 4.78 is 5.70. The molecule has 2 N–H and O–H groups in total. The zero-order chi connectivity index (χ0) is 20.1. The van der Waals surface area contributed by atoms with Crippen molar-refractivity contribution in [2.75, 3.05) is 45.1 Å². The fraction of sp³-hybridized carbons (Fsp3) is 0.316. The number of carbonyl (C=O) groups excluding carboxylic acids is 1. The van der Waals surface area contributed by atoms with Crippen molar-refractivity contribution in [2.24, 2.45) is 0 Å². The van der Waals surface area contributed by atoms with Gasteiger partial charge in [-0.05, 0) is 36.4 Å². The molecule has 0 aliphatic carbocycles. The highest BCUT2D eigenvalue weighted by molar-refractivity contribution is 6.30. The monoisotopic (exact) mass is 404 g/mol. The first-order valence-electron chi connectivity index (χ1n) is 8.88. The van der Waals surface area contributed by atoms with Crippen molar-refractivity contribution in [1.82, 2.24) is 9.80 Å². The molecular formula is C19H21ClN4O4. The van der Waals surface area contributed by atoms with E-state index in [4.69, 9.17) is 22.1 Å². The molecule has 0 atom stereocenters. The first-order valence-corrected chi connectivity index (χ1v) is 9.26. The average molecular weight is 405 g/mol. The third-order valence-electron chi connectivity index (χ3n) is 4.62. The van der Waals surface area contributed by atoms with Gasteiger partial charge in [-0.25, -0.2) is 0 Å². The fourth-order valence-electron chi connectivity index (χ4n) is 3.02. The number of nitrogens with two attached hydrogens (primary N) is 1. The number of amides is 1. The summed E-state index contributed by atoms with van der Waals surface area (Å²) in [4.78, 5) is 27.0. The fourth-order valence-corrected chi connectivity index (χ4v) is 3.14. The summed E-state index contributed by atoms with van der Waals surface area (Å²) in [5, 5.41) is 11.7. The number of piperazine rings is 1. The van der Waals surface area contributed by atoms with Crippen LogP contribution < -0.4 is 10.5 Å². The molecule has 0 saturated carbocycles. The normalized spacial score (nSPS) is 14.7. The van der Waals surface area contributed by atoms with E-state index in [2.05, 4.69) is 4.90 Å². The van der Waals surface area contributed by atoms with Gasteiger partial charge < -0.3 is 15.4 Å². The van der Waals surface area contributed by atoms with Gasteiger partial charge in [0.05, 0.1) is 4.92 Å². The molecule has 1 fully saturated rings. The molecule has 28 heavy (non-hydrogen) atoms. The number of ether oxygens (including phenoxy) is 1. The van der Waals surface area contributed by atoms with Crippen molar-refractivity contribution in [3.8, 4) is 5.75 Å². The number of anilines is 1. The zero-order valence-electron chi connectivity index (χ0n) is 15.2. The number of nitro benzene ring substituents is 1. The molecule has 1 heterocycles. The molecule has 1 aliphatic heterocycles. The molecule has 3 rings (SSSR count). The van der Waals surface area contributed by atoms with Crippen LogP contribution in [-0.2, 0) is 0 Å². The van der Waals surface area contributed by atoms with Gasteiger partial charge in [-0.15, -0.1) is 0 Å². The highest BCUT2D eigenvalue weighted by Crippen LogP contribution is 2.23. The number of rotatable bonds is 6. The van der Waals surface area contributed by atoms with E-state index in [-0.39, 0.29) is 22.8 Å². The number of benzene rings is 2. The number of nitrogens with zero attached hydrogens (tertiary/aromatic N) is 3. The van der Waals surface area contributed by atoms with Crippen molar-refractivity contribution >= 4 is 28.9 Å². The molecule has 9 heteroatoms. The van der Waals surface area contributed by atoms with E-state index in [0.29, 0.717) is 37.8 Å². The lowest BCUT2D eigenvalue weighted by atomic mass is 10.1. The highest BCUT2D eigenvalue weighted by Gasteiger charge is 2.24. The summed E-state index contributed by atoms with van der Waals surface area (Å²) in [7, 11) is 0. The lowest BCUT2D eigenvalue weighted by molar-refractivity contribution is -0.383. The molecule has 0 spiro atoms. The predicted octanol–water partition coefficient (Wildman–Crippen LogP) is 2.67. The van der Waals surface area contributed by atoms with Crippen molar-refractivity contribution in [3.63, 3.8) is 0 Å². The van der Waals surface area contributed by atoms with Crippen LogP contribution in [0.3, 0.4) is 0 Å². The molecule has 0 unspecified atom stereocenters. The summed E-state index contributed by atoms with van der Waals surface area (Å²) in [5.41, 5.74) is 5.67. The molecule has 0 aromatic heterocycles. The Balaban J connectivity index is 1.48. The third kappa shape index (κ3) is 4.90. The number of halogens is 1. The maximum Gasteiger partial charge on any atom is 0.292 e. The van der Waals surface area contributed by atoms with Crippen LogP contribution >= 0.6 is 11.6 Å². The van der Waals surface area contributed by atoms with E-state index in [0.717, 1.165) is 12.3 Å². The topological polar surface area (TPSA) is 102 Å². The SMILES string of the molecule is Nc1ccc(C(=O)N2CCN(CCOc3ccc(Cl)cc3)CC2)cc1[N+](=O)[O-]. The van der Waals surface area contributed by atoms with Crippen LogP contribution in [0.2, 0.25) is 5.02 Å². The summed E-state index contributed by atoms with van der Waals surface area (Å²) in [6, 6.07) is 11.4. The zero-order valence-corrected chi connectivity index (χ0v) is 16.0. The second-order valence-corrected chi connectivity index (χ2v) is 6.90. The lowest BCUT2D eigenvalue weighted by Crippen LogP contribution is -2.49. The van der Waals surface area contributed by atoms with E-state index in [1.165, 1.54) is 18.2 Å². The van der Waals surface area contributed by atoms with Gasteiger partial charge >= 0.3 is 0 Å². The Morgan fingerprint density at radius 2 is 1.82 bits per heavy atom. The maximum atomic E-state index is 12.6. The molecule has 8 nitrogen and oxygen atoms in total. The van der Waals surface area contributed by atoms with Gasteiger partial charge in [0.25, 0.3) is 11.6 Å². The van der Waals surface area contributed by atoms with E-state index >= 15 is 0 Å². The second-order valence-electron chi connectivity index (χ2n) is 6.47. The van der Waals surface area contributed by atoms with Gasteiger partial charge in [-0.1, -0.05) is 11.6 Å². The van der Waals surface area contributed by atoms with E-state index in [1.807, 2.05) is 12.1 Å². The molecule has 1 saturated heterocycles. The number of nitrogen functional groups attached to an aromatic ring is 1. The van der Waals surface area contributed by atoms with E-state index in [1.54, 1.807) is 17.0 Å². The van der Waals surface area contributed by atoms with Crippen LogP contribution in [0.5, 0.6) is 5.75 Å². The molecular weight excluding hydrogens is 384 g/mol. The molecule has 1 amide bonds. The van der Waals surface area contributed by atoms with Crippen molar-refractivity contribution in [2.45, 2.75) is 0 Å². The lowest BCUT2D eigenvalue weighted by Gasteiger charge is -2.34. The minimum atomic E-state index is -0.579. The highest BCUT2D eigenvalue weighted by atomic mass is 35.5. The van der Waals surface area contributed by atoms with Crippen LogP contribution in [0.4, 0.5) is 11.4 Å². The second kappa shape index (κ2) is 8.90. The van der Waals surface area contributed by atoms with Crippen LogP contribution in [0.15, 0.2) is 42.5 Å². The van der Waals surface area contributed by atoms with Gasteiger partial charge in [0.2, 0.25) is 0 Å². The standard InChI is InChI=1S/C19H21ClN4O4/c20-15-2-4-16(5-3-15)28-12-11-22-7-9-23(10-8-22)19(25)14-1-6-17(21)18(13-14)24(26)27/h1-6,13H,7-12,21H2. The molecule has 1 aliphatic rings. The Morgan fingerprint density at radius 1 is 1.14 bits per heavy atom. The quantitative estimate of drug-likeness (QED) is 0.451. The van der Waals surface area contributed by atoms with Crippen molar-refractivity contribution in [3.05, 3.63) is 63.2 Å². The smallest absolute Gasteiger partial charge is 0.292 e. The Kier molecular flexibility index (Phi) is 6.33. The van der Waals surface area contributed by atoms with Crippen LogP contribution in [0.25, 0.3) is 0 Å². The van der Waals surface area contributed by atoms with Gasteiger partial charge in [-0.2, -0.15) is 0 Å². The van der Waals surface area contributed by atoms with Crippen LogP contribution in [0, 0.1) is 10.1 Å². The average Bonchev–Trinajstić information content (AvgIpc) is 2.69. The maximum absolute atomic E-state index is 12.6. The summed E-state index contributed by atoms with van der Waals surface area (Å²) >= 11 is 5.85. The van der Waals surface area contributed by atoms with E-state index < -0.39 is 4.92 Å². The Hall–Kier alpha value is -2.84. The minimum Gasteiger partial charge on any atom is -0.492 e. The van der Waals surface area contributed by atoms with E-state index in [9.17, 15) is 14.9 Å². The number of nitro groups is 1. The van der Waals surface area contributed by atoms with Gasteiger partial charge in [0.1, 0.15) is 18.0 Å². The molecule has 0 bridgehead atoms. The van der Waals surface area contributed by atoms with Crippen molar-refractivity contribution in [1.29, 1.82) is 0 Å². The Bertz CT molecular complexity index is 852. The first-order chi connectivity index (χ1) is 13.4. The van der Waals surface area contributed by atoms with Gasteiger partial charge in [0, 0.05) is 49.4 Å². The summed E-state index contributed by atoms with van der Waals surface area (Å²) in [5.74, 6) is 0.545. The predicted molar refractivity (Wildman–Crippen MR) is 107 cm³/mol. The summed E-state index contributed by atoms with van der Waals surface area (Å²) in [6.45, 7) is 3.83. The van der Waals surface area contributed by atoms with Crippen LogP contribution in [0.1, 0.15) is 10.4 Å². The third-order valence-corrected chi connectivity index (χ3v) is 4.88. The number of hydrogen-bond donors (Lipinski definition) is 1. The van der Waals surface area contributed by atoms with Crippen molar-refractivity contribution < 1.29 is 14.5 Å². The number of hydrogen-bond acceptors (Lipinski definition) is 6. The molecule has 148 valence electrons. The Morgan fingerprint density at radius 3 is 2.46 bits per heavy atom.